The van der Waals surface area contributed by atoms with Crippen molar-refractivity contribution in [1.29, 1.82) is 0 Å². The van der Waals surface area contributed by atoms with E-state index in [1.54, 1.807) is 5.92 Å². The van der Waals surface area contributed by atoms with Crippen molar-refractivity contribution in [3.8, 4) is 0 Å². The fourth-order valence-electron chi connectivity index (χ4n) is 3.06. The standard InChI is InChI=1S/C10H13O2/c11-10-8-2-6-1-7(3-8)5-9(4-6)12-10/h6,8-9H,1-5H2. The maximum atomic E-state index is 11.4. The van der Waals surface area contributed by atoms with Crippen LogP contribution < -0.4 is 0 Å². The molecule has 0 aromatic rings. The van der Waals surface area contributed by atoms with Gasteiger partial charge in [-0.2, -0.15) is 0 Å². The summed E-state index contributed by atoms with van der Waals surface area (Å²) in [5, 5.41) is 0. The summed E-state index contributed by atoms with van der Waals surface area (Å²) < 4.78 is 5.38. The van der Waals surface area contributed by atoms with Gasteiger partial charge in [-0.3, -0.25) is 4.79 Å². The Hall–Kier alpha value is -0.530. The first-order valence-electron chi connectivity index (χ1n) is 4.85. The van der Waals surface area contributed by atoms with Crippen LogP contribution in [0, 0.1) is 17.8 Å². The normalized spacial score (nSPS) is 46.0. The number of esters is 1. The number of carbonyl (C=O) groups is 1. The Morgan fingerprint density at radius 1 is 1.17 bits per heavy atom. The highest BCUT2D eigenvalue weighted by molar-refractivity contribution is 5.74. The van der Waals surface area contributed by atoms with Crippen molar-refractivity contribution < 1.29 is 9.53 Å². The summed E-state index contributed by atoms with van der Waals surface area (Å²) in [7, 11) is 0. The monoisotopic (exact) mass is 165 g/mol. The minimum atomic E-state index is 0.0807. The van der Waals surface area contributed by atoms with Crippen LogP contribution in [0.15, 0.2) is 0 Å². The number of hydrogen-bond donors (Lipinski definition) is 0. The molecule has 3 atom stereocenters. The highest BCUT2D eigenvalue weighted by Gasteiger charge is 2.44. The molecule has 0 N–H and O–H groups in total. The highest BCUT2D eigenvalue weighted by atomic mass is 16.5. The maximum Gasteiger partial charge on any atom is 0.309 e. The second-order valence-corrected chi connectivity index (χ2v) is 4.46. The lowest BCUT2D eigenvalue weighted by atomic mass is 9.68. The van der Waals surface area contributed by atoms with E-state index in [4.69, 9.17) is 4.74 Å². The molecule has 4 aliphatic rings. The molecule has 2 saturated heterocycles. The zero-order chi connectivity index (χ0) is 8.13. The first kappa shape index (κ1) is 6.93. The van der Waals surface area contributed by atoms with E-state index in [2.05, 4.69) is 0 Å². The zero-order valence-electron chi connectivity index (χ0n) is 7.08. The summed E-state index contributed by atoms with van der Waals surface area (Å²) in [5.41, 5.74) is 0. The lowest BCUT2D eigenvalue weighted by molar-refractivity contribution is -0.151. The van der Waals surface area contributed by atoms with Gasteiger partial charge < -0.3 is 4.74 Å². The summed E-state index contributed by atoms with van der Waals surface area (Å²) in [6, 6.07) is 0. The number of fused-ring (bicyclic) bond motifs is 1. The summed E-state index contributed by atoms with van der Waals surface area (Å²) in [6.07, 6.45) is 5.86. The molecule has 65 valence electrons. The van der Waals surface area contributed by atoms with Gasteiger partial charge >= 0.3 is 5.97 Å². The SMILES string of the molecule is O=C1OC2C[C]3CC(C2)CC1C3. The molecule has 4 rings (SSSR count). The Bertz CT molecular complexity index is 210. The Labute approximate surface area is 72.3 Å². The Morgan fingerprint density at radius 2 is 2.08 bits per heavy atom. The smallest absolute Gasteiger partial charge is 0.309 e. The van der Waals surface area contributed by atoms with Crippen molar-refractivity contribution in [2.24, 2.45) is 11.8 Å². The molecule has 0 aromatic carbocycles. The molecule has 0 spiro atoms. The molecule has 2 heteroatoms. The third kappa shape index (κ3) is 0.900. The van der Waals surface area contributed by atoms with Crippen LogP contribution in [0.3, 0.4) is 0 Å². The first-order valence-corrected chi connectivity index (χ1v) is 4.85. The highest BCUT2D eigenvalue weighted by Crippen LogP contribution is 2.47. The lowest BCUT2D eigenvalue weighted by Gasteiger charge is -2.35. The van der Waals surface area contributed by atoms with Gasteiger partial charge in [0.15, 0.2) is 0 Å². The van der Waals surface area contributed by atoms with Crippen LogP contribution in [0.25, 0.3) is 0 Å². The summed E-state index contributed by atoms with van der Waals surface area (Å²) >= 11 is 0. The third-order valence-electron chi connectivity index (χ3n) is 3.46. The van der Waals surface area contributed by atoms with Gasteiger partial charge in [-0.05, 0) is 43.9 Å². The van der Waals surface area contributed by atoms with Gasteiger partial charge in [0.25, 0.3) is 0 Å². The molecular weight excluding hydrogens is 152 g/mol. The number of hydrogen-bond acceptors (Lipinski definition) is 2. The number of carbonyl (C=O) groups excluding carboxylic acids is 1. The van der Waals surface area contributed by atoms with Crippen molar-refractivity contribution in [3.63, 3.8) is 0 Å². The molecule has 2 aliphatic heterocycles. The van der Waals surface area contributed by atoms with Gasteiger partial charge in [-0.1, -0.05) is 0 Å². The van der Waals surface area contributed by atoms with Crippen molar-refractivity contribution in [1.82, 2.24) is 0 Å². The maximum absolute atomic E-state index is 11.4. The van der Waals surface area contributed by atoms with Gasteiger partial charge in [0, 0.05) is 0 Å². The molecule has 4 bridgehead atoms. The van der Waals surface area contributed by atoms with Crippen molar-refractivity contribution in [3.05, 3.63) is 5.92 Å². The molecule has 3 unspecified atom stereocenters. The molecule has 2 heterocycles. The molecule has 2 nitrogen and oxygen atoms in total. The van der Waals surface area contributed by atoms with Gasteiger partial charge in [0.1, 0.15) is 6.10 Å². The van der Waals surface area contributed by atoms with Crippen molar-refractivity contribution >= 4 is 5.97 Å². The van der Waals surface area contributed by atoms with Crippen LogP contribution in [0.4, 0.5) is 0 Å². The van der Waals surface area contributed by atoms with E-state index in [1.807, 2.05) is 0 Å². The van der Waals surface area contributed by atoms with Crippen LogP contribution in [-0.2, 0) is 9.53 Å². The second-order valence-electron chi connectivity index (χ2n) is 4.46. The average Bonchev–Trinajstić information content (AvgIpc) is 2.16. The molecule has 4 fully saturated rings. The predicted octanol–water partition coefficient (Wildman–Crippen LogP) is 1.70. The number of ether oxygens (including phenoxy) is 1. The summed E-state index contributed by atoms with van der Waals surface area (Å²) in [5.74, 6) is 2.67. The molecule has 1 radical (unpaired) electrons. The van der Waals surface area contributed by atoms with Gasteiger partial charge in [0.05, 0.1) is 5.92 Å². The summed E-state index contributed by atoms with van der Waals surface area (Å²) in [4.78, 5) is 11.4. The molecular formula is C10H13O2. The Balaban J connectivity index is 1.95. The minimum absolute atomic E-state index is 0.0807. The van der Waals surface area contributed by atoms with Gasteiger partial charge in [-0.25, -0.2) is 0 Å². The predicted molar refractivity (Wildman–Crippen MR) is 43.2 cm³/mol. The van der Waals surface area contributed by atoms with Gasteiger partial charge in [0.2, 0.25) is 0 Å². The van der Waals surface area contributed by atoms with E-state index in [0.29, 0.717) is 0 Å². The van der Waals surface area contributed by atoms with E-state index < -0.39 is 0 Å². The topological polar surface area (TPSA) is 26.3 Å². The first-order chi connectivity index (χ1) is 5.81. The Morgan fingerprint density at radius 3 is 2.92 bits per heavy atom. The van der Waals surface area contributed by atoms with Gasteiger partial charge in [-0.15, -0.1) is 0 Å². The van der Waals surface area contributed by atoms with Crippen molar-refractivity contribution in [2.75, 3.05) is 0 Å². The average molecular weight is 165 g/mol. The van der Waals surface area contributed by atoms with Crippen LogP contribution >= 0.6 is 0 Å². The second kappa shape index (κ2) is 2.24. The molecule has 0 aromatic heterocycles. The lowest BCUT2D eigenvalue weighted by Crippen LogP contribution is -2.28. The van der Waals surface area contributed by atoms with Crippen LogP contribution in [0.1, 0.15) is 32.1 Å². The van der Waals surface area contributed by atoms with E-state index in [0.717, 1.165) is 31.6 Å². The summed E-state index contributed by atoms with van der Waals surface area (Å²) in [6.45, 7) is 0. The van der Waals surface area contributed by atoms with Crippen LogP contribution in [0.2, 0.25) is 0 Å². The molecule has 2 saturated carbocycles. The largest absolute Gasteiger partial charge is 0.462 e. The fraction of sp³-hybridized carbons (Fsp3) is 0.800. The Kier molecular flexibility index (Phi) is 1.29. The minimum Gasteiger partial charge on any atom is -0.462 e. The fourth-order valence-corrected chi connectivity index (χ4v) is 3.06. The zero-order valence-corrected chi connectivity index (χ0v) is 7.08. The van der Waals surface area contributed by atoms with Crippen LogP contribution in [0.5, 0.6) is 0 Å². The number of rotatable bonds is 0. The molecule has 2 aliphatic carbocycles. The molecule has 0 amide bonds. The van der Waals surface area contributed by atoms with E-state index >= 15 is 0 Å². The third-order valence-corrected chi connectivity index (χ3v) is 3.46. The van der Waals surface area contributed by atoms with E-state index in [9.17, 15) is 4.79 Å². The van der Waals surface area contributed by atoms with E-state index in [-0.39, 0.29) is 18.0 Å². The van der Waals surface area contributed by atoms with Crippen LogP contribution in [-0.4, -0.2) is 12.1 Å². The van der Waals surface area contributed by atoms with E-state index in [1.165, 1.54) is 6.42 Å². The quantitative estimate of drug-likeness (QED) is 0.511. The van der Waals surface area contributed by atoms with Crippen molar-refractivity contribution in [2.45, 2.75) is 38.2 Å². The molecule has 12 heavy (non-hydrogen) atoms.